The standard InChI is InChI=1S/C17H19N3O/c1-11-10-12(2)18-13(3)16(11)14(4)19-20-17(21)15-8-6-5-7-9-15/h5-10H,1-4H3,(H,20,21)/b19-14-. The lowest BCUT2D eigenvalue weighted by molar-refractivity contribution is 0.0955. The van der Waals surface area contributed by atoms with E-state index in [4.69, 9.17) is 0 Å². The Bertz CT molecular complexity index is 667. The van der Waals surface area contributed by atoms with Crippen molar-refractivity contribution in [3.63, 3.8) is 0 Å². The van der Waals surface area contributed by atoms with Crippen LogP contribution in [0.15, 0.2) is 41.5 Å². The maximum atomic E-state index is 12.0. The minimum absolute atomic E-state index is 0.217. The Morgan fingerprint density at radius 1 is 1.14 bits per heavy atom. The predicted octanol–water partition coefficient (Wildman–Crippen LogP) is 3.16. The second kappa shape index (κ2) is 6.31. The highest BCUT2D eigenvalue weighted by molar-refractivity contribution is 6.02. The molecule has 0 atom stereocenters. The largest absolute Gasteiger partial charge is 0.271 e. The van der Waals surface area contributed by atoms with E-state index in [1.165, 1.54) is 0 Å². The van der Waals surface area contributed by atoms with Gasteiger partial charge < -0.3 is 0 Å². The van der Waals surface area contributed by atoms with Crippen LogP contribution in [0.25, 0.3) is 0 Å². The summed E-state index contributed by atoms with van der Waals surface area (Å²) in [4.78, 5) is 16.4. The highest BCUT2D eigenvalue weighted by atomic mass is 16.2. The van der Waals surface area contributed by atoms with Gasteiger partial charge in [0.15, 0.2) is 0 Å². The van der Waals surface area contributed by atoms with E-state index in [-0.39, 0.29) is 5.91 Å². The molecule has 0 saturated carbocycles. The lowest BCUT2D eigenvalue weighted by Crippen LogP contribution is -2.20. The van der Waals surface area contributed by atoms with Crippen LogP contribution in [0.4, 0.5) is 0 Å². The molecular weight excluding hydrogens is 262 g/mol. The van der Waals surface area contributed by atoms with Crippen LogP contribution >= 0.6 is 0 Å². The molecule has 0 spiro atoms. The molecule has 108 valence electrons. The van der Waals surface area contributed by atoms with E-state index in [2.05, 4.69) is 15.5 Å². The number of hydrazone groups is 1. The number of nitrogens with zero attached hydrogens (tertiary/aromatic N) is 2. The first-order valence-electron chi connectivity index (χ1n) is 6.84. The SMILES string of the molecule is C/C(=N/NC(=O)c1ccccc1)c1c(C)cc(C)nc1C. The van der Waals surface area contributed by atoms with Crippen molar-refractivity contribution < 1.29 is 4.79 Å². The van der Waals surface area contributed by atoms with Crippen molar-refractivity contribution >= 4 is 11.6 Å². The molecule has 1 amide bonds. The second-order valence-electron chi connectivity index (χ2n) is 5.05. The maximum Gasteiger partial charge on any atom is 0.271 e. The van der Waals surface area contributed by atoms with Crippen molar-refractivity contribution in [2.45, 2.75) is 27.7 Å². The predicted molar refractivity (Wildman–Crippen MR) is 84.6 cm³/mol. The van der Waals surface area contributed by atoms with E-state index >= 15 is 0 Å². The zero-order chi connectivity index (χ0) is 15.4. The van der Waals surface area contributed by atoms with Crippen LogP contribution in [-0.4, -0.2) is 16.6 Å². The molecule has 0 fully saturated rings. The summed E-state index contributed by atoms with van der Waals surface area (Å²) in [5.41, 5.74) is 7.91. The number of benzene rings is 1. The van der Waals surface area contributed by atoms with Crippen LogP contribution in [0.5, 0.6) is 0 Å². The summed E-state index contributed by atoms with van der Waals surface area (Å²) in [6.45, 7) is 7.81. The molecule has 0 aliphatic heterocycles. The van der Waals surface area contributed by atoms with Crippen molar-refractivity contribution in [1.29, 1.82) is 0 Å². The zero-order valence-electron chi connectivity index (χ0n) is 12.8. The Kier molecular flexibility index (Phi) is 4.48. The Hall–Kier alpha value is -2.49. The van der Waals surface area contributed by atoms with E-state index in [0.29, 0.717) is 5.56 Å². The fourth-order valence-electron chi connectivity index (χ4n) is 2.42. The molecule has 0 aliphatic rings. The molecule has 0 aliphatic carbocycles. The van der Waals surface area contributed by atoms with Gasteiger partial charge in [-0.1, -0.05) is 18.2 Å². The molecule has 0 radical (unpaired) electrons. The fourth-order valence-corrected chi connectivity index (χ4v) is 2.42. The highest BCUT2D eigenvalue weighted by Gasteiger charge is 2.09. The quantitative estimate of drug-likeness (QED) is 0.694. The third-order valence-corrected chi connectivity index (χ3v) is 3.25. The third kappa shape index (κ3) is 3.54. The van der Waals surface area contributed by atoms with Crippen LogP contribution in [-0.2, 0) is 0 Å². The molecule has 1 aromatic heterocycles. The van der Waals surface area contributed by atoms with Crippen molar-refractivity contribution in [2.75, 3.05) is 0 Å². The summed E-state index contributed by atoms with van der Waals surface area (Å²) in [5.74, 6) is -0.217. The minimum atomic E-state index is -0.217. The van der Waals surface area contributed by atoms with Crippen molar-refractivity contribution in [3.05, 3.63) is 64.5 Å². The van der Waals surface area contributed by atoms with E-state index in [1.54, 1.807) is 12.1 Å². The summed E-state index contributed by atoms with van der Waals surface area (Å²) < 4.78 is 0. The normalized spacial score (nSPS) is 11.3. The molecular formula is C17H19N3O. The summed E-state index contributed by atoms with van der Waals surface area (Å²) in [7, 11) is 0. The first-order chi connectivity index (χ1) is 9.99. The zero-order valence-corrected chi connectivity index (χ0v) is 12.8. The number of pyridine rings is 1. The number of amides is 1. The van der Waals surface area contributed by atoms with Gasteiger partial charge in [0.1, 0.15) is 0 Å². The van der Waals surface area contributed by atoms with Gasteiger partial charge in [0, 0.05) is 22.5 Å². The van der Waals surface area contributed by atoms with E-state index in [1.807, 2.05) is 52.0 Å². The van der Waals surface area contributed by atoms with E-state index < -0.39 is 0 Å². The average Bonchev–Trinajstić information content (AvgIpc) is 2.44. The molecule has 4 nitrogen and oxygen atoms in total. The molecule has 21 heavy (non-hydrogen) atoms. The Labute approximate surface area is 124 Å². The van der Waals surface area contributed by atoms with Gasteiger partial charge in [-0.2, -0.15) is 5.10 Å². The number of rotatable bonds is 3. The van der Waals surface area contributed by atoms with Crippen LogP contribution in [0.1, 0.15) is 39.8 Å². The van der Waals surface area contributed by atoms with Crippen LogP contribution in [0.2, 0.25) is 0 Å². The molecule has 2 rings (SSSR count). The van der Waals surface area contributed by atoms with Crippen molar-refractivity contribution in [1.82, 2.24) is 10.4 Å². The van der Waals surface area contributed by atoms with Gasteiger partial charge in [-0.05, 0) is 51.5 Å². The molecule has 2 aromatic rings. The number of carbonyl (C=O) groups is 1. The first kappa shape index (κ1) is 14.9. The average molecular weight is 281 g/mol. The number of aryl methyl sites for hydroxylation is 3. The van der Waals surface area contributed by atoms with Crippen molar-refractivity contribution in [2.24, 2.45) is 5.10 Å². The first-order valence-corrected chi connectivity index (χ1v) is 6.84. The number of nitrogens with one attached hydrogen (secondary N) is 1. The molecule has 0 bridgehead atoms. The molecule has 0 saturated heterocycles. The third-order valence-electron chi connectivity index (χ3n) is 3.25. The van der Waals surface area contributed by atoms with Gasteiger partial charge in [0.25, 0.3) is 5.91 Å². The van der Waals surface area contributed by atoms with Crippen molar-refractivity contribution in [3.8, 4) is 0 Å². The van der Waals surface area contributed by atoms with Gasteiger partial charge in [-0.25, -0.2) is 5.43 Å². The lowest BCUT2D eigenvalue weighted by Gasteiger charge is -2.10. The number of aromatic nitrogens is 1. The van der Waals surface area contributed by atoms with Crippen LogP contribution < -0.4 is 5.43 Å². The molecule has 1 aromatic carbocycles. The van der Waals surface area contributed by atoms with Crippen LogP contribution in [0, 0.1) is 20.8 Å². The smallest absolute Gasteiger partial charge is 0.267 e. The summed E-state index contributed by atoms with van der Waals surface area (Å²) in [6, 6.07) is 11.0. The van der Waals surface area contributed by atoms with E-state index in [9.17, 15) is 4.79 Å². The van der Waals surface area contributed by atoms with E-state index in [0.717, 1.165) is 28.2 Å². The lowest BCUT2D eigenvalue weighted by atomic mass is 10.0. The summed E-state index contributed by atoms with van der Waals surface area (Å²) >= 11 is 0. The summed E-state index contributed by atoms with van der Waals surface area (Å²) in [6.07, 6.45) is 0. The second-order valence-corrected chi connectivity index (χ2v) is 5.05. The van der Waals surface area contributed by atoms with Gasteiger partial charge in [0.05, 0.1) is 5.71 Å². The highest BCUT2D eigenvalue weighted by Crippen LogP contribution is 2.14. The van der Waals surface area contributed by atoms with Gasteiger partial charge in [-0.3, -0.25) is 9.78 Å². The summed E-state index contributed by atoms with van der Waals surface area (Å²) in [5, 5.41) is 4.20. The van der Waals surface area contributed by atoms with Crippen LogP contribution in [0.3, 0.4) is 0 Å². The molecule has 1 heterocycles. The topological polar surface area (TPSA) is 54.4 Å². The molecule has 1 N–H and O–H groups in total. The maximum absolute atomic E-state index is 12.0. The Balaban J connectivity index is 2.21. The Morgan fingerprint density at radius 2 is 1.81 bits per heavy atom. The monoisotopic (exact) mass is 281 g/mol. The number of hydrogen-bond donors (Lipinski definition) is 1. The fraction of sp³-hybridized carbons (Fsp3) is 0.235. The number of hydrogen-bond acceptors (Lipinski definition) is 3. The number of carbonyl (C=O) groups excluding carboxylic acids is 1. The van der Waals surface area contributed by atoms with Gasteiger partial charge >= 0.3 is 0 Å². The van der Waals surface area contributed by atoms with Gasteiger partial charge in [-0.15, -0.1) is 0 Å². The Morgan fingerprint density at radius 3 is 2.43 bits per heavy atom. The molecule has 0 unspecified atom stereocenters. The minimum Gasteiger partial charge on any atom is -0.267 e. The molecule has 4 heteroatoms. The van der Waals surface area contributed by atoms with Gasteiger partial charge in [0.2, 0.25) is 0 Å².